The van der Waals surface area contributed by atoms with E-state index in [2.05, 4.69) is 10.6 Å². The molecule has 1 rings (SSSR count). The Labute approximate surface area is 137 Å². The van der Waals surface area contributed by atoms with Crippen molar-refractivity contribution in [1.82, 2.24) is 15.5 Å². The number of benzene rings is 1. The molecule has 0 saturated carbocycles. The highest BCUT2D eigenvalue weighted by atomic mass is 19.1. The van der Waals surface area contributed by atoms with Crippen LogP contribution in [0.4, 0.5) is 4.39 Å². The molecule has 128 valence electrons. The van der Waals surface area contributed by atoms with Crippen molar-refractivity contribution in [3.8, 4) is 0 Å². The molecule has 0 aliphatic heterocycles. The zero-order chi connectivity index (χ0) is 17.5. The SMILES string of the molecule is CN(C)CCCNC(=O)C(C)(C)C(=O)NCc1ccccc1F. The molecule has 5 nitrogen and oxygen atoms in total. The third kappa shape index (κ3) is 5.98. The van der Waals surface area contributed by atoms with Gasteiger partial charge in [0, 0.05) is 18.7 Å². The van der Waals surface area contributed by atoms with Crippen LogP contribution in [0, 0.1) is 11.2 Å². The molecule has 0 bridgehead atoms. The summed E-state index contributed by atoms with van der Waals surface area (Å²) in [5, 5.41) is 5.39. The van der Waals surface area contributed by atoms with E-state index in [0.29, 0.717) is 12.1 Å². The number of nitrogens with zero attached hydrogens (tertiary/aromatic N) is 1. The van der Waals surface area contributed by atoms with Crippen LogP contribution in [0.3, 0.4) is 0 Å². The van der Waals surface area contributed by atoms with E-state index < -0.39 is 11.3 Å². The van der Waals surface area contributed by atoms with E-state index in [0.717, 1.165) is 13.0 Å². The normalized spacial score (nSPS) is 11.4. The number of amides is 2. The highest BCUT2D eigenvalue weighted by Crippen LogP contribution is 2.16. The lowest BCUT2D eigenvalue weighted by Gasteiger charge is -2.23. The molecule has 0 radical (unpaired) electrons. The Morgan fingerprint density at radius 3 is 2.35 bits per heavy atom. The first kappa shape index (κ1) is 19.1. The molecule has 0 heterocycles. The summed E-state index contributed by atoms with van der Waals surface area (Å²) < 4.78 is 13.5. The smallest absolute Gasteiger partial charge is 0.235 e. The number of carbonyl (C=O) groups is 2. The van der Waals surface area contributed by atoms with Crippen molar-refractivity contribution in [3.05, 3.63) is 35.6 Å². The Balaban J connectivity index is 2.49. The number of rotatable bonds is 8. The summed E-state index contributed by atoms with van der Waals surface area (Å²) in [7, 11) is 3.92. The van der Waals surface area contributed by atoms with Crippen LogP contribution in [-0.4, -0.2) is 43.9 Å². The summed E-state index contributed by atoms with van der Waals surface area (Å²) in [6.45, 7) is 4.56. The average Bonchev–Trinajstić information content (AvgIpc) is 2.49. The van der Waals surface area contributed by atoms with Gasteiger partial charge in [0.1, 0.15) is 11.2 Å². The number of carbonyl (C=O) groups excluding carboxylic acids is 2. The maximum atomic E-state index is 13.5. The monoisotopic (exact) mass is 323 g/mol. The molecule has 0 fully saturated rings. The van der Waals surface area contributed by atoms with Crippen LogP contribution in [-0.2, 0) is 16.1 Å². The fourth-order valence-electron chi connectivity index (χ4n) is 1.96. The summed E-state index contributed by atoms with van der Waals surface area (Å²) >= 11 is 0. The first-order valence-electron chi connectivity index (χ1n) is 7.70. The predicted octanol–water partition coefficient (Wildman–Crippen LogP) is 1.54. The second-order valence-electron chi connectivity index (χ2n) is 6.31. The van der Waals surface area contributed by atoms with Gasteiger partial charge < -0.3 is 15.5 Å². The molecule has 2 amide bonds. The number of halogens is 1. The number of nitrogens with one attached hydrogen (secondary N) is 2. The lowest BCUT2D eigenvalue weighted by atomic mass is 9.91. The van der Waals surface area contributed by atoms with Gasteiger partial charge in [-0.3, -0.25) is 9.59 Å². The lowest BCUT2D eigenvalue weighted by molar-refractivity contribution is -0.141. The molecule has 0 aliphatic rings. The molecule has 0 aliphatic carbocycles. The zero-order valence-corrected chi connectivity index (χ0v) is 14.3. The van der Waals surface area contributed by atoms with Crippen molar-refractivity contribution >= 4 is 11.8 Å². The molecule has 2 N–H and O–H groups in total. The van der Waals surface area contributed by atoms with E-state index in [1.54, 1.807) is 32.0 Å². The Hall–Kier alpha value is -1.95. The van der Waals surface area contributed by atoms with E-state index in [9.17, 15) is 14.0 Å². The van der Waals surface area contributed by atoms with Gasteiger partial charge in [-0.1, -0.05) is 18.2 Å². The van der Waals surface area contributed by atoms with Crippen molar-refractivity contribution in [3.63, 3.8) is 0 Å². The summed E-state index contributed by atoms with van der Waals surface area (Å²) in [4.78, 5) is 26.4. The number of hydrogen-bond donors (Lipinski definition) is 2. The van der Waals surface area contributed by atoms with Crippen LogP contribution in [0.25, 0.3) is 0 Å². The van der Waals surface area contributed by atoms with Gasteiger partial charge in [-0.2, -0.15) is 0 Å². The zero-order valence-electron chi connectivity index (χ0n) is 14.3. The molecule has 0 spiro atoms. The van der Waals surface area contributed by atoms with E-state index >= 15 is 0 Å². The van der Waals surface area contributed by atoms with Gasteiger partial charge >= 0.3 is 0 Å². The van der Waals surface area contributed by atoms with Gasteiger partial charge in [-0.05, 0) is 47.0 Å². The van der Waals surface area contributed by atoms with Crippen molar-refractivity contribution in [2.75, 3.05) is 27.2 Å². The molecule has 1 aromatic rings. The minimum absolute atomic E-state index is 0.0584. The molecule has 0 saturated heterocycles. The average molecular weight is 323 g/mol. The van der Waals surface area contributed by atoms with Crippen molar-refractivity contribution in [2.24, 2.45) is 5.41 Å². The fraction of sp³-hybridized carbons (Fsp3) is 0.529. The molecule has 0 atom stereocenters. The maximum absolute atomic E-state index is 13.5. The Morgan fingerprint density at radius 2 is 1.74 bits per heavy atom. The van der Waals surface area contributed by atoms with Gasteiger partial charge in [0.25, 0.3) is 0 Å². The van der Waals surface area contributed by atoms with Crippen molar-refractivity contribution in [2.45, 2.75) is 26.8 Å². The minimum Gasteiger partial charge on any atom is -0.355 e. The highest BCUT2D eigenvalue weighted by Gasteiger charge is 2.35. The van der Waals surface area contributed by atoms with E-state index in [1.165, 1.54) is 6.07 Å². The van der Waals surface area contributed by atoms with Crippen LogP contribution in [0.2, 0.25) is 0 Å². The van der Waals surface area contributed by atoms with Gasteiger partial charge in [-0.25, -0.2) is 4.39 Å². The topological polar surface area (TPSA) is 61.4 Å². The largest absolute Gasteiger partial charge is 0.355 e. The molecule has 1 aromatic carbocycles. The molecular weight excluding hydrogens is 297 g/mol. The van der Waals surface area contributed by atoms with E-state index in [-0.39, 0.29) is 18.3 Å². The van der Waals surface area contributed by atoms with Crippen LogP contribution >= 0.6 is 0 Å². The second kappa shape index (κ2) is 8.62. The lowest BCUT2D eigenvalue weighted by Crippen LogP contribution is -2.48. The van der Waals surface area contributed by atoms with Crippen LogP contribution in [0.15, 0.2) is 24.3 Å². The minimum atomic E-state index is -1.20. The third-order valence-electron chi connectivity index (χ3n) is 3.60. The molecule has 0 aromatic heterocycles. The third-order valence-corrected chi connectivity index (χ3v) is 3.60. The fourth-order valence-corrected chi connectivity index (χ4v) is 1.96. The summed E-state index contributed by atoms with van der Waals surface area (Å²) in [6.07, 6.45) is 0.811. The summed E-state index contributed by atoms with van der Waals surface area (Å²) in [6, 6.07) is 6.23. The Kier molecular flexibility index (Phi) is 7.16. The first-order chi connectivity index (χ1) is 10.7. The molecule has 23 heavy (non-hydrogen) atoms. The van der Waals surface area contributed by atoms with Gasteiger partial charge in [0.15, 0.2) is 0 Å². The highest BCUT2D eigenvalue weighted by molar-refractivity contribution is 6.04. The Bertz CT molecular complexity index is 544. The van der Waals surface area contributed by atoms with E-state index in [1.807, 2.05) is 19.0 Å². The summed E-state index contributed by atoms with van der Waals surface area (Å²) in [5.74, 6) is -1.13. The van der Waals surface area contributed by atoms with Crippen LogP contribution in [0.1, 0.15) is 25.8 Å². The van der Waals surface area contributed by atoms with Gasteiger partial charge in [-0.15, -0.1) is 0 Å². The molecule has 0 unspecified atom stereocenters. The predicted molar refractivity (Wildman–Crippen MR) is 88.2 cm³/mol. The molecule has 6 heteroatoms. The maximum Gasteiger partial charge on any atom is 0.235 e. The van der Waals surface area contributed by atoms with Gasteiger partial charge in [0.05, 0.1) is 0 Å². The molecular formula is C17H26FN3O2. The summed E-state index contributed by atoms with van der Waals surface area (Å²) in [5.41, 5.74) is -0.813. The van der Waals surface area contributed by atoms with Gasteiger partial charge in [0.2, 0.25) is 11.8 Å². The first-order valence-corrected chi connectivity index (χ1v) is 7.70. The van der Waals surface area contributed by atoms with Crippen molar-refractivity contribution < 1.29 is 14.0 Å². The Morgan fingerprint density at radius 1 is 1.13 bits per heavy atom. The van der Waals surface area contributed by atoms with Crippen LogP contribution < -0.4 is 10.6 Å². The number of hydrogen-bond acceptors (Lipinski definition) is 3. The van der Waals surface area contributed by atoms with Crippen molar-refractivity contribution in [1.29, 1.82) is 0 Å². The van der Waals surface area contributed by atoms with Crippen LogP contribution in [0.5, 0.6) is 0 Å². The second-order valence-corrected chi connectivity index (χ2v) is 6.31. The standard InChI is InChI=1S/C17H26FN3O2/c1-17(2,15(22)19-10-7-11-21(3)4)16(23)20-12-13-8-5-6-9-14(13)18/h5-6,8-9H,7,10-12H2,1-4H3,(H,19,22)(H,20,23). The van der Waals surface area contributed by atoms with E-state index in [4.69, 9.17) is 0 Å². The quantitative estimate of drug-likeness (QED) is 0.563.